The number of alkyl halides is 1. The van der Waals surface area contributed by atoms with E-state index in [1.165, 1.54) is 36.8 Å². The number of aromatic amines is 2. The quantitative estimate of drug-likeness (QED) is 0.0928. The fourth-order valence-electron chi connectivity index (χ4n) is 9.97. The number of likely N-dealkylation sites (tertiary alicyclic amines) is 2. The third kappa shape index (κ3) is 8.36. The monoisotopic (exact) mass is 945 g/mol. The molecule has 16 nitrogen and oxygen atoms in total. The molecule has 4 N–H and O–H groups in total. The highest BCUT2D eigenvalue weighted by Gasteiger charge is 2.42. The smallest absolute Gasteiger partial charge is 0.407 e. The number of aromatic nitrogens is 5. The van der Waals surface area contributed by atoms with Crippen LogP contribution in [0.5, 0.6) is 5.75 Å². The van der Waals surface area contributed by atoms with Gasteiger partial charge in [0.25, 0.3) is 0 Å². The second-order valence-corrected chi connectivity index (χ2v) is 20.1. The molecule has 6 atom stereocenters. The van der Waals surface area contributed by atoms with Crippen LogP contribution in [0, 0.1) is 11.8 Å². The fourth-order valence-corrected chi connectivity index (χ4v) is 11.2. The number of nitrogens with one attached hydrogen (secondary N) is 4. The van der Waals surface area contributed by atoms with Crippen molar-refractivity contribution >= 4 is 46.2 Å². The molecule has 1 saturated carbocycles. The molecule has 0 spiro atoms. The Kier molecular flexibility index (Phi) is 12.0. The van der Waals surface area contributed by atoms with Crippen molar-refractivity contribution in [3.63, 3.8) is 0 Å². The summed E-state index contributed by atoms with van der Waals surface area (Å²) < 4.78 is 34.0. The zero-order valence-electron chi connectivity index (χ0n) is 38.9. The molecule has 18 heteroatoms. The van der Waals surface area contributed by atoms with Crippen molar-refractivity contribution in [2.24, 2.45) is 11.8 Å². The van der Waals surface area contributed by atoms with Crippen molar-refractivity contribution in [2.45, 2.75) is 102 Å². The van der Waals surface area contributed by atoms with E-state index < -0.39 is 42.7 Å². The molecule has 4 amide bonds. The second-order valence-electron chi connectivity index (χ2n) is 19.0. The molecule has 6 aromatic rings. The van der Waals surface area contributed by atoms with Gasteiger partial charge >= 0.3 is 12.2 Å². The number of carbonyl (C=O) groups excluding carboxylic acids is 4. The molecule has 0 radical (unpaired) electrons. The van der Waals surface area contributed by atoms with Crippen molar-refractivity contribution in [2.75, 3.05) is 27.3 Å². The highest BCUT2D eigenvalue weighted by Crippen LogP contribution is 2.49. The minimum absolute atomic E-state index is 0.0822. The number of nitrogens with zero attached hydrogens (tertiary/aromatic N) is 5. The third-order valence-corrected chi connectivity index (χ3v) is 15.0. The Bertz CT molecular complexity index is 2900. The van der Waals surface area contributed by atoms with Crippen LogP contribution in [0.1, 0.15) is 105 Å². The van der Waals surface area contributed by atoms with Crippen LogP contribution in [-0.2, 0) is 19.1 Å². The van der Waals surface area contributed by atoms with Gasteiger partial charge < -0.3 is 44.6 Å². The fraction of sp³-hybridized carbons (Fsp3) is 0.440. The van der Waals surface area contributed by atoms with Crippen LogP contribution in [0.15, 0.2) is 67.0 Å². The molecule has 2 aromatic carbocycles. The van der Waals surface area contributed by atoms with Crippen molar-refractivity contribution in [3.05, 3.63) is 88.4 Å². The summed E-state index contributed by atoms with van der Waals surface area (Å²) in [5.41, 5.74) is 6.20. The van der Waals surface area contributed by atoms with Gasteiger partial charge in [-0.1, -0.05) is 39.8 Å². The van der Waals surface area contributed by atoms with Gasteiger partial charge in [-0.25, -0.2) is 23.9 Å². The summed E-state index contributed by atoms with van der Waals surface area (Å²) in [6.07, 6.45) is 4.50. The Morgan fingerprint density at radius 1 is 0.779 bits per heavy atom. The molecule has 68 heavy (non-hydrogen) atoms. The lowest BCUT2D eigenvalue weighted by Gasteiger charge is -2.30. The Labute approximate surface area is 396 Å². The number of fused-ring (bicyclic) bond motifs is 5. The van der Waals surface area contributed by atoms with E-state index in [4.69, 9.17) is 19.2 Å². The van der Waals surface area contributed by atoms with Gasteiger partial charge in [0.1, 0.15) is 35.7 Å². The van der Waals surface area contributed by atoms with Crippen LogP contribution in [0.25, 0.3) is 44.7 Å². The van der Waals surface area contributed by atoms with Crippen molar-refractivity contribution in [1.29, 1.82) is 0 Å². The van der Waals surface area contributed by atoms with Gasteiger partial charge in [0, 0.05) is 39.9 Å². The van der Waals surface area contributed by atoms with E-state index in [0.717, 1.165) is 68.1 Å². The van der Waals surface area contributed by atoms with E-state index >= 15 is 4.39 Å². The van der Waals surface area contributed by atoms with Crippen LogP contribution in [0.3, 0.4) is 0 Å². The Morgan fingerprint density at radius 2 is 1.40 bits per heavy atom. The third-order valence-electron chi connectivity index (χ3n) is 13.7. The van der Waals surface area contributed by atoms with E-state index in [0.29, 0.717) is 24.1 Å². The van der Waals surface area contributed by atoms with Crippen LogP contribution in [0.4, 0.5) is 14.0 Å². The van der Waals surface area contributed by atoms with Gasteiger partial charge in [-0.3, -0.25) is 14.2 Å². The van der Waals surface area contributed by atoms with Gasteiger partial charge in [-0.15, -0.1) is 11.3 Å². The van der Waals surface area contributed by atoms with E-state index in [1.807, 2.05) is 39.8 Å². The SMILES string of the molecule is COC(=O)N[C@H](C(=O)N1CCC[C@H]1c1ncc(-c2ccc3c(c2)OC(c2ccc(C4CC4)s2)n2c-3cc3cc(-c4cnc([C@@H]5C[C@@H](F)CN5C(=O)[C@@H](NC(=O)OC)C(C)C)[nH]4)ccc32)[nH]1)C(C)C. The largest absolute Gasteiger partial charge is 0.464 e. The number of imidazole rings is 2. The number of amides is 4. The zero-order chi connectivity index (χ0) is 47.5. The maximum Gasteiger partial charge on any atom is 0.407 e. The van der Waals surface area contributed by atoms with Gasteiger partial charge in [0.05, 0.1) is 72.7 Å². The number of benzene rings is 2. The van der Waals surface area contributed by atoms with E-state index in [-0.39, 0.29) is 42.7 Å². The minimum Gasteiger partial charge on any atom is -0.464 e. The number of ether oxygens (including phenoxy) is 3. The summed E-state index contributed by atoms with van der Waals surface area (Å²) in [5.74, 6) is 1.53. The lowest BCUT2D eigenvalue weighted by atomic mass is 10.0. The Morgan fingerprint density at radius 3 is 2.04 bits per heavy atom. The summed E-state index contributed by atoms with van der Waals surface area (Å²) in [6.45, 7) is 7.89. The first-order valence-electron chi connectivity index (χ1n) is 23.4. The molecule has 10 rings (SSSR count). The number of alkyl carbamates (subject to hydrolysis) is 2. The molecular weight excluding hydrogens is 890 g/mol. The summed E-state index contributed by atoms with van der Waals surface area (Å²) >= 11 is 1.79. The summed E-state index contributed by atoms with van der Waals surface area (Å²) in [5, 5.41) is 6.33. The van der Waals surface area contributed by atoms with Gasteiger partial charge in [0.2, 0.25) is 18.0 Å². The molecule has 4 aromatic heterocycles. The van der Waals surface area contributed by atoms with Crippen molar-refractivity contribution < 1.29 is 37.8 Å². The number of rotatable bonds is 12. The average Bonchev–Trinajstić information content (AvgIpc) is 4.03. The maximum atomic E-state index is 15.1. The molecule has 2 saturated heterocycles. The normalized spacial score (nSPS) is 20.8. The van der Waals surface area contributed by atoms with Crippen LogP contribution < -0.4 is 15.4 Å². The zero-order valence-corrected chi connectivity index (χ0v) is 39.7. The van der Waals surface area contributed by atoms with E-state index in [2.05, 4.69) is 72.6 Å². The molecule has 1 unspecified atom stereocenters. The van der Waals surface area contributed by atoms with E-state index in [9.17, 15) is 19.2 Å². The van der Waals surface area contributed by atoms with Gasteiger partial charge in [0.15, 0.2) is 0 Å². The lowest BCUT2D eigenvalue weighted by Crippen LogP contribution is -2.51. The molecule has 4 aliphatic rings. The molecule has 7 heterocycles. The van der Waals surface area contributed by atoms with Crippen molar-refractivity contribution in [3.8, 4) is 39.5 Å². The van der Waals surface area contributed by atoms with Crippen LogP contribution in [-0.4, -0.2) is 104 Å². The predicted octanol–water partition coefficient (Wildman–Crippen LogP) is 9.00. The van der Waals surface area contributed by atoms with Crippen LogP contribution >= 0.6 is 11.3 Å². The summed E-state index contributed by atoms with van der Waals surface area (Å²) in [6, 6.07) is 16.5. The highest BCUT2D eigenvalue weighted by molar-refractivity contribution is 7.12. The highest BCUT2D eigenvalue weighted by atomic mass is 32.1. The van der Waals surface area contributed by atoms with Gasteiger partial charge in [-0.2, -0.15) is 0 Å². The number of carbonyl (C=O) groups is 4. The number of H-pyrrole nitrogens is 2. The van der Waals surface area contributed by atoms with Crippen LogP contribution in [0.2, 0.25) is 0 Å². The summed E-state index contributed by atoms with van der Waals surface area (Å²) in [7, 11) is 2.53. The molecular formula is C50H56FN9O7S. The average molecular weight is 946 g/mol. The molecule has 3 fully saturated rings. The predicted molar refractivity (Wildman–Crippen MR) is 254 cm³/mol. The van der Waals surface area contributed by atoms with E-state index in [1.54, 1.807) is 28.6 Å². The number of methoxy groups -OCH3 is 2. The van der Waals surface area contributed by atoms with Crippen molar-refractivity contribution in [1.82, 2.24) is 44.9 Å². The number of hydrogen-bond acceptors (Lipinski definition) is 10. The standard InChI is InChI=1S/C50H56FN9O7S/c1-25(2)42(56-49(63)65-5)46(61)58-17-7-8-36(58)44-52-23-34(54-44)29-11-13-32-37-19-30-18-28(12-14-35(30)60(37)48(67-39(32)20-29)41-16-15-40(68-41)27-9-10-27)33-22-53-45(55-33)38-21-31(51)24-59(38)47(62)43(26(3)4)57-50(64)66-6/h11-16,18-20,22-23,25-27,31,36,38,42-43,48H,7-10,17,21,24H2,1-6H3,(H,52,54)(H,53,55)(H,56,63)(H,57,64)/t31-,36+,38+,42+,43+,48?/m1/s1. The first-order chi connectivity index (χ1) is 32.8. The topological polar surface area (TPSA) is 189 Å². The first kappa shape index (κ1) is 45.1. The summed E-state index contributed by atoms with van der Waals surface area (Å²) in [4.78, 5) is 74.0. The minimum atomic E-state index is -1.25. The number of hydrogen-bond donors (Lipinski definition) is 4. The maximum absolute atomic E-state index is 15.1. The number of halogens is 1. The Hall–Kier alpha value is -6.69. The second kappa shape index (κ2) is 18.1. The number of thiophene rings is 1. The first-order valence-corrected chi connectivity index (χ1v) is 24.2. The van der Waals surface area contributed by atoms with Gasteiger partial charge in [-0.05, 0) is 85.9 Å². The molecule has 356 valence electrons. The lowest BCUT2D eigenvalue weighted by molar-refractivity contribution is -0.136. The molecule has 3 aliphatic heterocycles. The Balaban J connectivity index is 0.951. The molecule has 0 bridgehead atoms. The molecule has 1 aliphatic carbocycles.